The van der Waals surface area contributed by atoms with Gasteiger partial charge in [0.15, 0.2) is 0 Å². The molecule has 0 saturated carbocycles. The fraction of sp³-hybridized carbons (Fsp3) is 0.417. The largest absolute Gasteiger partial charge is 0.465 e. The second-order valence-electron chi connectivity index (χ2n) is 4.50. The van der Waals surface area contributed by atoms with Crippen molar-refractivity contribution in [3.63, 3.8) is 0 Å². The highest BCUT2D eigenvalue weighted by atomic mass is 16.7. The Morgan fingerprint density at radius 2 is 2.44 bits per heavy atom. The van der Waals surface area contributed by atoms with Crippen LogP contribution in [-0.2, 0) is 14.9 Å². The van der Waals surface area contributed by atoms with Crippen molar-refractivity contribution in [2.24, 2.45) is 0 Å². The molecule has 1 saturated heterocycles. The standard InChI is InChI=1S/C12H12O4/c1-12-5-11(14-6-12)16-10-3-2-8(15-7-13)4-9(10)12/h2-4,7,11H,5-6H2,1H3. The van der Waals surface area contributed by atoms with Crippen LogP contribution in [0.4, 0.5) is 0 Å². The van der Waals surface area contributed by atoms with Crippen LogP contribution in [0.2, 0.25) is 0 Å². The summed E-state index contributed by atoms with van der Waals surface area (Å²) in [5, 5.41) is 0. The molecule has 2 aliphatic heterocycles. The maximum atomic E-state index is 10.3. The van der Waals surface area contributed by atoms with Gasteiger partial charge in [0.25, 0.3) is 6.47 Å². The normalized spacial score (nSPS) is 30.4. The van der Waals surface area contributed by atoms with Crippen molar-refractivity contribution in [3.05, 3.63) is 23.8 Å². The predicted octanol–water partition coefficient (Wildman–Crippen LogP) is 1.62. The van der Waals surface area contributed by atoms with Crippen molar-refractivity contribution in [3.8, 4) is 11.5 Å². The maximum Gasteiger partial charge on any atom is 0.298 e. The molecule has 2 bridgehead atoms. The number of hydrogen-bond donors (Lipinski definition) is 0. The van der Waals surface area contributed by atoms with Crippen LogP contribution < -0.4 is 9.47 Å². The van der Waals surface area contributed by atoms with E-state index in [2.05, 4.69) is 6.92 Å². The fourth-order valence-electron chi connectivity index (χ4n) is 2.38. The Bertz CT molecular complexity index is 443. The van der Waals surface area contributed by atoms with Crippen LogP contribution >= 0.6 is 0 Å². The van der Waals surface area contributed by atoms with E-state index in [1.165, 1.54) is 0 Å². The van der Waals surface area contributed by atoms with Gasteiger partial charge in [-0.15, -0.1) is 0 Å². The number of hydrogen-bond acceptors (Lipinski definition) is 4. The van der Waals surface area contributed by atoms with Crippen LogP contribution in [0.1, 0.15) is 18.9 Å². The molecule has 2 atom stereocenters. The zero-order valence-corrected chi connectivity index (χ0v) is 8.93. The zero-order valence-electron chi connectivity index (χ0n) is 8.93. The summed E-state index contributed by atoms with van der Waals surface area (Å²) in [6.45, 7) is 3.22. The van der Waals surface area contributed by atoms with Crippen LogP contribution in [-0.4, -0.2) is 19.4 Å². The van der Waals surface area contributed by atoms with Gasteiger partial charge in [-0.1, -0.05) is 6.92 Å². The lowest BCUT2D eigenvalue weighted by Gasteiger charge is -2.29. The van der Waals surface area contributed by atoms with Crippen molar-refractivity contribution in [2.75, 3.05) is 6.61 Å². The molecule has 16 heavy (non-hydrogen) atoms. The Kier molecular flexibility index (Phi) is 1.94. The van der Waals surface area contributed by atoms with Crippen molar-refractivity contribution in [1.82, 2.24) is 0 Å². The summed E-state index contributed by atoms with van der Waals surface area (Å²) in [6.07, 6.45) is 0.722. The zero-order chi connectivity index (χ0) is 11.2. The Hall–Kier alpha value is -1.55. The molecule has 4 heteroatoms. The summed E-state index contributed by atoms with van der Waals surface area (Å²) in [5.41, 5.74) is 1.03. The van der Waals surface area contributed by atoms with E-state index in [4.69, 9.17) is 14.2 Å². The molecular weight excluding hydrogens is 208 g/mol. The van der Waals surface area contributed by atoms with Gasteiger partial charge in [0.05, 0.1) is 6.61 Å². The summed E-state index contributed by atoms with van der Waals surface area (Å²) in [6, 6.07) is 5.41. The van der Waals surface area contributed by atoms with Gasteiger partial charge in [-0.3, -0.25) is 4.79 Å². The first-order chi connectivity index (χ1) is 7.71. The highest BCUT2D eigenvalue weighted by molar-refractivity contribution is 5.51. The van der Waals surface area contributed by atoms with Gasteiger partial charge in [0.2, 0.25) is 6.29 Å². The first-order valence-electron chi connectivity index (χ1n) is 5.24. The van der Waals surface area contributed by atoms with Crippen LogP contribution in [0.15, 0.2) is 18.2 Å². The minimum Gasteiger partial charge on any atom is -0.465 e. The SMILES string of the molecule is CC12COC(C1)Oc1ccc(OC=O)cc12. The molecule has 1 fully saturated rings. The van der Waals surface area contributed by atoms with E-state index in [1.54, 1.807) is 6.07 Å². The maximum absolute atomic E-state index is 10.3. The van der Waals surface area contributed by atoms with Crippen LogP contribution in [0.25, 0.3) is 0 Å². The Labute approximate surface area is 93.1 Å². The molecule has 1 aromatic carbocycles. The van der Waals surface area contributed by atoms with Crippen LogP contribution in [0.3, 0.4) is 0 Å². The number of fused-ring (bicyclic) bond motifs is 4. The Morgan fingerprint density at radius 1 is 1.56 bits per heavy atom. The van der Waals surface area contributed by atoms with Gasteiger partial charge in [-0.25, -0.2) is 0 Å². The van der Waals surface area contributed by atoms with E-state index < -0.39 is 0 Å². The van der Waals surface area contributed by atoms with Gasteiger partial charge < -0.3 is 14.2 Å². The fourth-order valence-corrected chi connectivity index (χ4v) is 2.38. The molecule has 84 valence electrons. The molecule has 0 radical (unpaired) electrons. The topological polar surface area (TPSA) is 44.8 Å². The third kappa shape index (κ3) is 1.30. The monoisotopic (exact) mass is 220 g/mol. The third-order valence-electron chi connectivity index (χ3n) is 3.25. The minimum atomic E-state index is -0.129. The average Bonchev–Trinajstić information content (AvgIpc) is 2.58. The molecule has 3 rings (SSSR count). The molecule has 4 nitrogen and oxygen atoms in total. The number of carbonyl (C=O) groups is 1. The third-order valence-corrected chi connectivity index (χ3v) is 3.25. The van der Waals surface area contributed by atoms with Gasteiger partial charge >= 0.3 is 0 Å². The highest BCUT2D eigenvalue weighted by Crippen LogP contribution is 2.46. The summed E-state index contributed by atoms with van der Waals surface area (Å²) in [7, 11) is 0. The van der Waals surface area contributed by atoms with Gasteiger partial charge in [-0.05, 0) is 18.2 Å². The molecule has 0 amide bonds. The summed E-state index contributed by atoms with van der Waals surface area (Å²) in [4.78, 5) is 10.3. The predicted molar refractivity (Wildman–Crippen MR) is 55.5 cm³/mol. The summed E-state index contributed by atoms with van der Waals surface area (Å²) < 4.78 is 16.0. The van der Waals surface area contributed by atoms with Crippen molar-refractivity contribution in [2.45, 2.75) is 25.0 Å². The molecule has 0 aliphatic carbocycles. The minimum absolute atomic E-state index is 0.0273. The molecule has 1 aromatic rings. The second-order valence-corrected chi connectivity index (χ2v) is 4.50. The van der Waals surface area contributed by atoms with E-state index in [1.807, 2.05) is 12.1 Å². The van der Waals surface area contributed by atoms with Crippen molar-refractivity contribution >= 4 is 6.47 Å². The quantitative estimate of drug-likeness (QED) is 0.710. The van der Waals surface area contributed by atoms with Crippen molar-refractivity contribution in [1.29, 1.82) is 0 Å². The van der Waals surface area contributed by atoms with Crippen LogP contribution in [0.5, 0.6) is 11.5 Å². The first-order valence-corrected chi connectivity index (χ1v) is 5.24. The number of benzene rings is 1. The lowest BCUT2D eigenvalue weighted by atomic mass is 9.80. The Morgan fingerprint density at radius 3 is 3.25 bits per heavy atom. The molecule has 2 aliphatic rings. The molecule has 2 heterocycles. The van der Waals surface area contributed by atoms with Gasteiger partial charge in [-0.2, -0.15) is 0 Å². The number of ether oxygens (including phenoxy) is 3. The summed E-state index contributed by atoms with van der Waals surface area (Å²) in [5.74, 6) is 1.37. The van der Waals surface area contributed by atoms with E-state index in [0.29, 0.717) is 18.8 Å². The molecule has 0 aromatic heterocycles. The number of carbonyl (C=O) groups excluding carboxylic acids is 1. The average molecular weight is 220 g/mol. The van der Waals surface area contributed by atoms with Crippen molar-refractivity contribution < 1.29 is 19.0 Å². The van der Waals surface area contributed by atoms with E-state index >= 15 is 0 Å². The molecule has 2 unspecified atom stereocenters. The highest BCUT2D eigenvalue weighted by Gasteiger charge is 2.44. The van der Waals surface area contributed by atoms with Gasteiger partial charge in [0, 0.05) is 17.4 Å². The number of rotatable bonds is 2. The summed E-state index contributed by atoms with van der Waals surface area (Å²) >= 11 is 0. The smallest absolute Gasteiger partial charge is 0.298 e. The van der Waals surface area contributed by atoms with Crippen LogP contribution in [0, 0.1) is 0 Å². The van der Waals surface area contributed by atoms with E-state index in [-0.39, 0.29) is 11.7 Å². The lowest BCUT2D eigenvalue weighted by Crippen LogP contribution is -2.28. The molecule has 0 N–H and O–H groups in total. The Balaban J connectivity index is 2.07. The van der Waals surface area contributed by atoms with E-state index in [0.717, 1.165) is 17.7 Å². The lowest BCUT2D eigenvalue weighted by molar-refractivity contribution is -0.120. The molecular formula is C12H12O4. The molecule has 0 spiro atoms. The second kappa shape index (κ2) is 3.22. The first kappa shape index (κ1) is 9.66. The van der Waals surface area contributed by atoms with E-state index in [9.17, 15) is 4.79 Å². The van der Waals surface area contributed by atoms with Gasteiger partial charge in [0.1, 0.15) is 11.5 Å².